The third-order valence-electron chi connectivity index (χ3n) is 2.07. The number of allylic oxidation sites excluding steroid dienone is 4. The first-order valence-corrected chi connectivity index (χ1v) is 4.37. The van der Waals surface area contributed by atoms with Crippen molar-refractivity contribution < 1.29 is 18.0 Å². The van der Waals surface area contributed by atoms with Gasteiger partial charge in [0.05, 0.1) is 0 Å². The Kier molecular flexibility index (Phi) is 3.13. The van der Waals surface area contributed by atoms with Crippen molar-refractivity contribution >= 4 is 5.78 Å². The maximum Gasteiger partial charge on any atom is 0.450 e. The van der Waals surface area contributed by atoms with E-state index >= 15 is 0 Å². The summed E-state index contributed by atoms with van der Waals surface area (Å²) in [7, 11) is 0. The molecule has 4 heteroatoms. The fourth-order valence-electron chi connectivity index (χ4n) is 1.19. The second-order valence-corrected chi connectivity index (χ2v) is 3.45. The molecule has 0 fully saturated rings. The fraction of sp³-hybridized carbons (Fsp3) is 0.500. The monoisotopic (exact) mass is 204 g/mol. The summed E-state index contributed by atoms with van der Waals surface area (Å²) in [4.78, 5) is 10.6. The van der Waals surface area contributed by atoms with E-state index in [1.807, 2.05) is 13.0 Å². The molecule has 0 N–H and O–H groups in total. The average molecular weight is 204 g/mol. The predicted octanol–water partition coefficient (Wildman–Crippen LogP) is 3.03. The molecule has 0 aromatic rings. The zero-order valence-electron chi connectivity index (χ0n) is 7.77. The lowest BCUT2D eigenvalue weighted by molar-refractivity contribution is -0.170. The van der Waals surface area contributed by atoms with Crippen LogP contribution in [0, 0.1) is 5.92 Å². The van der Waals surface area contributed by atoms with Crippen molar-refractivity contribution in [2.75, 3.05) is 0 Å². The Balaban J connectivity index is 2.55. The highest BCUT2D eigenvalue weighted by molar-refractivity contribution is 5.86. The fourth-order valence-corrected chi connectivity index (χ4v) is 1.19. The number of hydrogen-bond acceptors (Lipinski definition) is 1. The molecule has 1 unspecified atom stereocenters. The summed E-state index contributed by atoms with van der Waals surface area (Å²) in [6.45, 7) is 1.97. The van der Waals surface area contributed by atoms with Crippen LogP contribution in [0.15, 0.2) is 23.8 Å². The lowest BCUT2D eigenvalue weighted by atomic mass is 9.96. The third-order valence-corrected chi connectivity index (χ3v) is 2.07. The lowest BCUT2D eigenvalue weighted by Crippen LogP contribution is -2.22. The zero-order valence-corrected chi connectivity index (χ0v) is 7.77. The SMILES string of the molecule is CC1C=CC(CC(=O)C(F)(F)F)=CC1. The smallest absolute Gasteiger partial charge is 0.289 e. The Bertz CT molecular complexity index is 286. The van der Waals surface area contributed by atoms with Crippen LogP contribution in [0.3, 0.4) is 0 Å². The maximum atomic E-state index is 11.9. The Morgan fingerprint density at radius 1 is 1.57 bits per heavy atom. The van der Waals surface area contributed by atoms with E-state index in [9.17, 15) is 18.0 Å². The van der Waals surface area contributed by atoms with Gasteiger partial charge in [-0.3, -0.25) is 4.79 Å². The number of carbonyl (C=O) groups excluding carboxylic acids is 1. The normalized spacial score (nSPS) is 22.0. The largest absolute Gasteiger partial charge is 0.450 e. The summed E-state index contributed by atoms with van der Waals surface area (Å²) >= 11 is 0. The lowest BCUT2D eigenvalue weighted by Gasteiger charge is -2.11. The van der Waals surface area contributed by atoms with Crippen molar-refractivity contribution in [1.82, 2.24) is 0 Å². The molecule has 0 saturated heterocycles. The van der Waals surface area contributed by atoms with Gasteiger partial charge in [0.2, 0.25) is 5.78 Å². The van der Waals surface area contributed by atoms with Gasteiger partial charge < -0.3 is 0 Å². The minimum absolute atomic E-state index is 0.347. The van der Waals surface area contributed by atoms with Crippen LogP contribution in [-0.2, 0) is 4.79 Å². The summed E-state index contributed by atoms with van der Waals surface area (Å²) in [5, 5.41) is 0. The van der Waals surface area contributed by atoms with Gasteiger partial charge in [0, 0.05) is 6.42 Å². The summed E-state index contributed by atoms with van der Waals surface area (Å²) in [6, 6.07) is 0. The second kappa shape index (κ2) is 3.98. The highest BCUT2D eigenvalue weighted by Gasteiger charge is 2.37. The standard InChI is InChI=1S/C10H11F3O/c1-7-2-4-8(5-3-7)6-9(14)10(11,12)13/h2,4-5,7H,3,6H2,1H3. The number of hydrogen-bond donors (Lipinski definition) is 0. The molecule has 0 aromatic carbocycles. The Labute approximate surface area is 80.3 Å². The highest BCUT2D eigenvalue weighted by atomic mass is 19.4. The summed E-state index contributed by atoms with van der Waals surface area (Å²) in [5.74, 6) is -1.33. The van der Waals surface area contributed by atoms with Gasteiger partial charge in [-0.2, -0.15) is 13.2 Å². The molecule has 0 aromatic heterocycles. The van der Waals surface area contributed by atoms with Crippen LogP contribution in [0.2, 0.25) is 0 Å². The molecule has 1 nitrogen and oxygen atoms in total. The van der Waals surface area contributed by atoms with Crippen LogP contribution >= 0.6 is 0 Å². The molecule has 0 spiro atoms. The van der Waals surface area contributed by atoms with Crippen LogP contribution in [0.5, 0.6) is 0 Å². The van der Waals surface area contributed by atoms with Crippen LogP contribution in [0.4, 0.5) is 13.2 Å². The summed E-state index contributed by atoms with van der Waals surface area (Å²) in [5.41, 5.74) is 0.463. The van der Waals surface area contributed by atoms with Gasteiger partial charge in [-0.25, -0.2) is 0 Å². The van der Waals surface area contributed by atoms with E-state index in [0.717, 1.165) is 0 Å². The first-order chi connectivity index (χ1) is 6.39. The molecule has 0 bridgehead atoms. The van der Waals surface area contributed by atoms with Gasteiger partial charge >= 0.3 is 6.18 Å². The molecular weight excluding hydrogens is 193 g/mol. The van der Waals surface area contributed by atoms with Crippen molar-refractivity contribution in [3.63, 3.8) is 0 Å². The van der Waals surface area contributed by atoms with Crippen molar-refractivity contribution in [2.45, 2.75) is 25.9 Å². The maximum absolute atomic E-state index is 11.9. The molecule has 0 amide bonds. The highest BCUT2D eigenvalue weighted by Crippen LogP contribution is 2.24. The van der Waals surface area contributed by atoms with Gasteiger partial charge in [0.15, 0.2) is 0 Å². The van der Waals surface area contributed by atoms with E-state index in [0.29, 0.717) is 17.9 Å². The molecule has 14 heavy (non-hydrogen) atoms. The molecule has 1 aliphatic rings. The number of halogens is 3. The molecule has 0 saturated carbocycles. The van der Waals surface area contributed by atoms with E-state index in [4.69, 9.17) is 0 Å². The second-order valence-electron chi connectivity index (χ2n) is 3.45. The third kappa shape index (κ3) is 3.01. The molecule has 0 aliphatic heterocycles. The molecule has 0 heterocycles. The first kappa shape index (κ1) is 11.0. The van der Waals surface area contributed by atoms with Crippen LogP contribution in [0.1, 0.15) is 19.8 Å². The average Bonchev–Trinajstić information content (AvgIpc) is 2.07. The Hall–Kier alpha value is -1.06. The van der Waals surface area contributed by atoms with Crippen molar-refractivity contribution in [1.29, 1.82) is 0 Å². The molecule has 1 rings (SSSR count). The van der Waals surface area contributed by atoms with Gasteiger partial charge in [-0.15, -0.1) is 0 Å². The quantitative estimate of drug-likeness (QED) is 0.675. The van der Waals surface area contributed by atoms with Crippen LogP contribution in [0.25, 0.3) is 0 Å². The number of Topliss-reactive ketones (excluding diaryl/α,β-unsaturated/α-hetero) is 1. The molecule has 78 valence electrons. The predicted molar refractivity (Wildman–Crippen MR) is 46.7 cm³/mol. The van der Waals surface area contributed by atoms with Crippen LogP contribution < -0.4 is 0 Å². The molecular formula is C10H11F3O. The molecule has 1 aliphatic carbocycles. The zero-order chi connectivity index (χ0) is 10.8. The van der Waals surface area contributed by atoms with E-state index in [-0.39, 0.29) is 0 Å². The minimum Gasteiger partial charge on any atom is -0.289 e. The summed E-state index contributed by atoms with van der Waals surface area (Å²) < 4.78 is 35.6. The van der Waals surface area contributed by atoms with E-state index < -0.39 is 18.4 Å². The number of carbonyl (C=O) groups is 1. The number of ketones is 1. The van der Waals surface area contributed by atoms with Gasteiger partial charge in [-0.1, -0.05) is 25.2 Å². The topological polar surface area (TPSA) is 17.1 Å². The van der Waals surface area contributed by atoms with Gasteiger partial charge in [-0.05, 0) is 17.9 Å². The van der Waals surface area contributed by atoms with Crippen molar-refractivity contribution in [2.24, 2.45) is 5.92 Å². The molecule has 0 radical (unpaired) electrons. The Morgan fingerprint density at radius 3 is 2.64 bits per heavy atom. The van der Waals surface area contributed by atoms with Gasteiger partial charge in [0.1, 0.15) is 0 Å². The van der Waals surface area contributed by atoms with Crippen molar-refractivity contribution in [3.05, 3.63) is 23.8 Å². The van der Waals surface area contributed by atoms with Crippen molar-refractivity contribution in [3.8, 4) is 0 Å². The number of alkyl halides is 3. The van der Waals surface area contributed by atoms with E-state index in [1.165, 1.54) is 0 Å². The summed E-state index contributed by atoms with van der Waals surface area (Å²) in [6.07, 6.45) is 0.562. The van der Waals surface area contributed by atoms with E-state index in [1.54, 1.807) is 12.2 Å². The first-order valence-electron chi connectivity index (χ1n) is 4.37. The van der Waals surface area contributed by atoms with Crippen LogP contribution in [-0.4, -0.2) is 12.0 Å². The van der Waals surface area contributed by atoms with E-state index in [2.05, 4.69) is 0 Å². The number of rotatable bonds is 2. The molecule has 1 atom stereocenters. The Morgan fingerprint density at radius 2 is 2.21 bits per heavy atom. The minimum atomic E-state index is -4.71. The van der Waals surface area contributed by atoms with Gasteiger partial charge in [0.25, 0.3) is 0 Å².